The summed E-state index contributed by atoms with van der Waals surface area (Å²) < 4.78 is 6.04. The van der Waals surface area contributed by atoms with E-state index in [9.17, 15) is 5.11 Å². The van der Waals surface area contributed by atoms with Crippen molar-refractivity contribution in [1.29, 1.82) is 0 Å². The van der Waals surface area contributed by atoms with Crippen molar-refractivity contribution in [1.82, 2.24) is 15.0 Å². The lowest BCUT2D eigenvalue weighted by Crippen LogP contribution is -2.26. The Bertz CT molecular complexity index is 1080. The van der Waals surface area contributed by atoms with Crippen LogP contribution >= 0.6 is 0 Å². The molecule has 4 aromatic rings. The number of hydrogen-bond donors (Lipinski definition) is 1. The van der Waals surface area contributed by atoms with Gasteiger partial charge in [0.25, 0.3) is 0 Å². The molecule has 3 aromatic heterocycles. The maximum absolute atomic E-state index is 9.87. The van der Waals surface area contributed by atoms with Crippen molar-refractivity contribution in [2.24, 2.45) is 0 Å². The molecule has 0 saturated heterocycles. The zero-order valence-electron chi connectivity index (χ0n) is 15.5. The van der Waals surface area contributed by atoms with Gasteiger partial charge in [-0.15, -0.1) is 0 Å². The van der Waals surface area contributed by atoms with Crippen LogP contribution in [0.15, 0.2) is 47.0 Å². The molecular weight excluding hydrogens is 340 g/mol. The third-order valence-corrected chi connectivity index (χ3v) is 4.46. The summed E-state index contributed by atoms with van der Waals surface area (Å²) in [7, 11) is 0. The molecule has 27 heavy (non-hydrogen) atoms. The second kappa shape index (κ2) is 7.23. The highest BCUT2D eigenvalue weighted by molar-refractivity contribution is 6.05. The van der Waals surface area contributed by atoms with Gasteiger partial charge in [-0.05, 0) is 37.1 Å². The van der Waals surface area contributed by atoms with E-state index in [0.717, 1.165) is 48.2 Å². The summed E-state index contributed by atoms with van der Waals surface area (Å²) in [6, 6.07) is 10.8. The Morgan fingerprint density at radius 2 is 1.85 bits per heavy atom. The first-order chi connectivity index (χ1) is 13.2. The van der Waals surface area contributed by atoms with E-state index in [0.29, 0.717) is 17.1 Å². The number of hydrogen-bond acceptors (Lipinski definition) is 6. The van der Waals surface area contributed by atoms with E-state index in [1.54, 1.807) is 24.4 Å². The second-order valence-corrected chi connectivity index (χ2v) is 6.54. The second-order valence-electron chi connectivity index (χ2n) is 6.54. The average molecular weight is 362 g/mol. The number of anilines is 1. The number of fused-ring (bicyclic) bond motifs is 3. The molecule has 0 bridgehead atoms. The van der Waals surface area contributed by atoms with Crippen LogP contribution in [-0.4, -0.2) is 33.1 Å². The first kappa shape index (κ1) is 17.3. The van der Waals surface area contributed by atoms with Crippen molar-refractivity contribution in [3.05, 3.63) is 42.6 Å². The van der Waals surface area contributed by atoms with E-state index in [1.165, 1.54) is 0 Å². The quantitative estimate of drug-likeness (QED) is 0.532. The summed E-state index contributed by atoms with van der Waals surface area (Å²) >= 11 is 0. The topological polar surface area (TPSA) is 75.3 Å². The molecule has 0 unspecified atom stereocenters. The van der Waals surface area contributed by atoms with Gasteiger partial charge in [-0.25, -0.2) is 15.0 Å². The van der Waals surface area contributed by atoms with Crippen LogP contribution < -0.4 is 4.90 Å². The van der Waals surface area contributed by atoms with E-state index in [-0.39, 0.29) is 5.75 Å². The summed E-state index contributed by atoms with van der Waals surface area (Å²) in [6.07, 6.45) is 3.72. The van der Waals surface area contributed by atoms with Crippen LogP contribution in [0, 0.1) is 0 Å². The molecule has 0 aliphatic heterocycles. The molecule has 6 nitrogen and oxygen atoms in total. The van der Waals surface area contributed by atoms with Gasteiger partial charge in [0.1, 0.15) is 11.3 Å². The minimum atomic E-state index is 0.190. The van der Waals surface area contributed by atoms with Crippen LogP contribution in [0.4, 0.5) is 5.82 Å². The van der Waals surface area contributed by atoms with Crippen molar-refractivity contribution >= 4 is 28.0 Å². The van der Waals surface area contributed by atoms with Gasteiger partial charge < -0.3 is 14.4 Å². The average Bonchev–Trinajstić information content (AvgIpc) is 3.06. The molecule has 6 heteroatoms. The minimum absolute atomic E-state index is 0.190. The smallest absolute Gasteiger partial charge is 0.229 e. The number of pyridine rings is 1. The largest absolute Gasteiger partial charge is 0.508 e. The van der Waals surface area contributed by atoms with Crippen molar-refractivity contribution in [3.8, 4) is 17.1 Å². The van der Waals surface area contributed by atoms with E-state index in [4.69, 9.17) is 14.4 Å². The monoisotopic (exact) mass is 362 g/mol. The van der Waals surface area contributed by atoms with Gasteiger partial charge in [0.05, 0.1) is 5.39 Å². The molecule has 0 aliphatic rings. The summed E-state index contributed by atoms with van der Waals surface area (Å²) in [5.74, 6) is 1.53. The molecule has 0 atom stereocenters. The Balaban J connectivity index is 2.01. The fourth-order valence-corrected chi connectivity index (χ4v) is 3.32. The van der Waals surface area contributed by atoms with Crippen LogP contribution in [0.2, 0.25) is 0 Å². The number of furan rings is 1. The number of rotatable bonds is 6. The van der Waals surface area contributed by atoms with Crippen LogP contribution in [0.3, 0.4) is 0 Å². The van der Waals surface area contributed by atoms with E-state index in [2.05, 4.69) is 23.7 Å². The highest BCUT2D eigenvalue weighted by Crippen LogP contribution is 2.34. The Labute approximate surface area is 157 Å². The SMILES string of the molecule is CCCN(CCC)c1nc(-c2cccc(O)c2)nc2c1oc1ncccc12. The third kappa shape index (κ3) is 3.18. The number of phenols is 1. The molecule has 0 radical (unpaired) electrons. The maximum Gasteiger partial charge on any atom is 0.229 e. The number of nitrogens with zero attached hydrogens (tertiary/aromatic N) is 4. The number of aromatic nitrogens is 3. The predicted octanol–water partition coefficient (Wildman–Crippen LogP) is 4.77. The van der Waals surface area contributed by atoms with E-state index < -0.39 is 0 Å². The molecule has 0 fully saturated rings. The fraction of sp³-hybridized carbons (Fsp3) is 0.286. The predicted molar refractivity (Wildman–Crippen MR) is 107 cm³/mol. The summed E-state index contributed by atoms with van der Waals surface area (Å²) in [6.45, 7) is 6.06. The maximum atomic E-state index is 9.87. The standard InChI is InChI=1S/C21H22N4O2/c1-3-11-25(12-4-2)20-18-17(16-9-6-10-22-21(16)27-18)23-19(24-20)14-7-5-8-15(26)13-14/h5-10,13,26H,3-4,11-12H2,1-2H3. The first-order valence-electron chi connectivity index (χ1n) is 9.31. The van der Waals surface area contributed by atoms with Crippen molar-refractivity contribution in [2.75, 3.05) is 18.0 Å². The number of aromatic hydroxyl groups is 1. The molecule has 3 heterocycles. The lowest BCUT2D eigenvalue weighted by molar-refractivity contribution is 0.475. The van der Waals surface area contributed by atoms with Gasteiger partial charge in [0, 0.05) is 24.8 Å². The molecular formula is C21H22N4O2. The summed E-state index contributed by atoms with van der Waals surface area (Å²) in [4.78, 5) is 16.2. The van der Waals surface area contributed by atoms with Crippen LogP contribution in [0.1, 0.15) is 26.7 Å². The third-order valence-electron chi connectivity index (χ3n) is 4.46. The summed E-state index contributed by atoms with van der Waals surface area (Å²) in [5, 5.41) is 10.7. The Hall–Kier alpha value is -3.15. The fourth-order valence-electron chi connectivity index (χ4n) is 3.32. The normalized spacial score (nSPS) is 11.3. The molecule has 0 amide bonds. The molecule has 0 saturated carbocycles. The van der Waals surface area contributed by atoms with Crippen LogP contribution in [-0.2, 0) is 0 Å². The molecule has 4 rings (SSSR count). The molecule has 138 valence electrons. The Kier molecular flexibility index (Phi) is 4.62. The lowest BCUT2D eigenvalue weighted by Gasteiger charge is -2.22. The summed E-state index contributed by atoms with van der Waals surface area (Å²) in [5.41, 5.74) is 2.74. The molecule has 0 aliphatic carbocycles. The van der Waals surface area contributed by atoms with Crippen LogP contribution in [0.25, 0.3) is 33.6 Å². The van der Waals surface area contributed by atoms with Crippen LogP contribution in [0.5, 0.6) is 5.75 Å². The van der Waals surface area contributed by atoms with Crippen molar-refractivity contribution in [3.63, 3.8) is 0 Å². The number of benzene rings is 1. The van der Waals surface area contributed by atoms with E-state index >= 15 is 0 Å². The minimum Gasteiger partial charge on any atom is -0.508 e. The Morgan fingerprint density at radius 3 is 2.59 bits per heavy atom. The molecule has 1 aromatic carbocycles. The van der Waals surface area contributed by atoms with E-state index in [1.807, 2.05) is 18.2 Å². The zero-order chi connectivity index (χ0) is 18.8. The number of phenolic OH excluding ortho intramolecular Hbond substituents is 1. The first-order valence-corrected chi connectivity index (χ1v) is 9.31. The van der Waals surface area contributed by atoms with Gasteiger partial charge in [-0.1, -0.05) is 26.0 Å². The zero-order valence-corrected chi connectivity index (χ0v) is 15.5. The Morgan fingerprint density at radius 1 is 1.04 bits per heavy atom. The van der Waals surface area contributed by atoms with Crippen molar-refractivity contribution < 1.29 is 9.52 Å². The van der Waals surface area contributed by atoms with Gasteiger partial charge in [-0.2, -0.15) is 0 Å². The highest BCUT2D eigenvalue weighted by Gasteiger charge is 2.20. The van der Waals surface area contributed by atoms with Gasteiger partial charge in [0.2, 0.25) is 5.71 Å². The van der Waals surface area contributed by atoms with Gasteiger partial charge in [0.15, 0.2) is 17.2 Å². The molecule has 0 spiro atoms. The lowest BCUT2D eigenvalue weighted by atomic mass is 10.2. The highest BCUT2D eigenvalue weighted by atomic mass is 16.3. The van der Waals surface area contributed by atoms with Crippen molar-refractivity contribution in [2.45, 2.75) is 26.7 Å². The van der Waals surface area contributed by atoms with Gasteiger partial charge in [-0.3, -0.25) is 0 Å². The molecule has 1 N–H and O–H groups in total. The van der Waals surface area contributed by atoms with Gasteiger partial charge >= 0.3 is 0 Å².